The number of hydrogen-bond donors (Lipinski definition) is 1. The Kier molecular flexibility index (Phi) is 6.62. The lowest BCUT2D eigenvalue weighted by molar-refractivity contribution is -0.116. The van der Waals surface area contributed by atoms with Crippen molar-refractivity contribution >= 4 is 49.5 Å². The zero-order valence-corrected chi connectivity index (χ0v) is 16.9. The third-order valence-electron chi connectivity index (χ3n) is 4.17. The van der Waals surface area contributed by atoms with Crippen LogP contribution in [0.25, 0.3) is 0 Å². The number of hydrogen-bond acceptors (Lipinski definition) is 6. The predicted molar refractivity (Wildman–Crippen MR) is 106 cm³/mol. The van der Waals surface area contributed by atoms with Crippen molar-refractivity contribution in [1.82, 2.24) is 9.80 Å². The van der Waals surface area contributed by atoms with Gasteiger partial charge in [0.15, 0.2) is 0 Å². The molecule has 132 valence electrons. The Labute approximate surface area is 164 Å². The number of halogens is 1. The summed E-state index contributed by atoms with van der Waals surface area (Å²) >= 11 is 6.68. The van der Waals surface area contributed by atoms with Crippen LogP contribution in [0.5, 0.6) is 0 Å². The largest absolute Gasteiger partial charge is 0.317 e. The Morgan fingerprint density at radius 1 is 1.24 bits per heavy atom. The van der Waals surface area contributed by atoms with Crippen LogP contribution in [0.4, 0.5) is 5.00 Å². The second kappa shape index (κ2) is 8.92. The lowest BCUT2D eigenvalue weighted by Crippen LogP contribution is -2.46. The second-order valence-electron chi connectivity index (χ2n) is 5.90. The predicted octanol–water partition coefficient (Wildman–Crippen LogP) is 3.59. The molecule has 0 spiro atoms. The summed E-state index contributed by atoms with van der Waals surface area (Å²) in [6, 6.07) is 8.09. The van der Waals surface area contributed by atoms with Crippen molar-refractivity contribution in [3.8, 4) is 6.07 Å². The molecule has 0 aromatic carbocycles. The molecule has 0 saturated carbocycles. The van der Waals surface area contributed by atoms with Gasteiger partial charge in [-0.3, -0.25) is 9.69 Å². The molecule has 25 heavy (non-hydrogen) atoms. The summed E-state index contributed by atoms with van der Waals surface area (Å²) in [5.41, 5.74) is 0.534. The van der Waals surface area contributed by atoms with Gasteiger partial charge in [0.1, 0.15) is 11.1 Å². The van der Waals surface area contributed by atoms with E-state index in [-0.39, 0.29) is 5.91 Å². The van der Waals surface area contributed by atoms with Crippen molar-refractivity contribution in [2.45, 2.75) is 13.0 Å². The van der Waals surface area contributed by atoms with Crippen molar-refractivity contribution in [1.29, 1.82) is 5.26 Å². The molecule has 3 rings (SSSR count). The van der Waals surface area contributed by atoms with Crippen LogP contribution in [-0.2, 0) is 11.3 Å². The van der Waals surface area contributed by atoms with E-state index < -0.39 is 0 Å². The molecule has 0 bridgehead atoms. The molecule has 1 fully saturated rings. The van der Waals surface area contributed by atoms with Crippen LogP contribution < -0.4 is 5.32 Å². The third-order valence-corrected chi connectivity index (χ3v) is 6.61. The van der Waals surface area contributed by atoms with Gasteiger partial charge >= 0.3 is 0 Å². The molecule has 2 aromatic heterocycles. The van der Waals surface area contributed by atoms with Crippen LogP contribution in [0, 0.1) is 11.3 Å². The topological polar surface area (TPSA) is 59.4 Å². The summed E-state index contributed by atoms with van der Waals surface area (Å²) in [6.07, 6.45) is 0.459. The smallest absolute Gasteiger partial charge is 0.226 e. The summed E-state index contributed by atoms with van der Waals surface area (Å²) in [6.45, 7) is 5.79. The van der Waals surface area contributed by atoms with E-state index in [0.717, 1.165) is 39.3 Å². The summed E-state index contributed by atoms with van der Waals surface area (Å²) in [7, 11) is 0. The number of piperazine rings is 1. The maximum Gasteiger partial charge on any atom is 0.226 e. The molecule has 1 N–H and O–H groups in total. The number of rotatable bonds is 6. The zero-order chi connectivity index (χ0) is 17.6. The Morgan fingerprint density at radius 2 is 2.00 bits per heavy atom. The summed E-state index contributed by atoms with van der Waals surface area (Å²) in [4.78, 5) is 18.2. The van der Waals surface area contributed by atoms with Gasteiger partial charge < -0.3 is 10.2 Å². The number of carbonyl (C=O) groups excluding carboxylic acids is 1. The average Bonchev–Trinajstić information content (AvgIpc) is 3.23. The van der Waals surface area contributed by atoms with E-state index in [0.29, 0.717) is 17.0 Å². The number of nitriles is 1. The van der Waals surface area contributed by atoms with Crippen molar-refractivity contribution in [2.24, 2.45) is 0 Å². The highest BCUT2D eigenvalue weighted by Crippen LogP contribution is 2.24. The van der Waals surface area contributed by atoms with E-state index in [1.807, 2.05) is 5.38 Å². The summed E-state index contributed by atoms with van der Waals surface area (Å²) in [5, 5.41) is 14.3. The first kappa shape index (κ1) is 18.5. The highest BCUT2D eigenvalue weighted by atomic mass is 79.9. The molecule has 0 radical (unpaired) electrons. The van der Waals surface area contributed by atoms with Crippen LogP contribution in [0.2, 0.25) is 0 Å². The molecular weight excluding hydrogens is 420 g/mol. The van der Waals surface area contributed by atoms with Gasteiger partial charge in [0.25, 0.3) is 0 Å². The van der Waals surface area contributed by atoms with Crippen molar-refractivity contribution in [2.75, 3.05) is 38.0 Å². The molecular formula is C17H19BrN4OS2. The van der Waals surface area contributed by atoms with Gasteiger partial charge in [-0.1, -0.05) is 0 Å². The molecule has 2 aromatic rings. The van der Waals surface area contributed by atoms with E-state index in [4.69, 9.17) is 5.26 Å². The van der Waals surface area contributed by atoms with Gasteiger partial charge in [0.2, 0.25) is 5.91 Å². The molecule has 8 heteroatoms. The highest BCUT2D eigenvalue weighted by Gasteiger charge is 2.18. The van der Waals surface area contributed by atoms with Gasteiger partial charge in [-0.05, 0) is 39.5 Å². The van der Waals surface area contributed by atoms with Gasteiger partial charge in [0.05, 0.1) is 9.35 Å². The fourth-order valence-corrected chi connectivity index (χ4v) is 5.05. The van der Waals surface area contributed by atoms with Gasteiger partial charge in [-0.25, -0.2) is 0 Å². The monoisotopic (exact) mass is 438 g/mol. The van der Waals surface area contributed by atoms with E-state index in [1.165, 1.54) is 20.0 Å². The Hall–Kier alpha value is -1.24. The second-order valence-corrected chi connectivity index (χ2v) is 9.36. The maximum absolute atomic E-state index is 12.1. The number of nitrogens with one attached hydrogen (secondary N) is 1. The van der Waals surface area contributed by atoms with E-state index in [2.05, 4.69) is 49.2 Å². The van der Waals surface area contributed by atoms with Crippen LogP contribution >= 0.6 is 38.6 Å². The highest BCUT2D eigenvalue weighted by molar-refractivity contribution is 9.11. The molecule has 0 atom stereocenters. The van der Waals surface area contributed by atoms with Gasteiger partial charge in [0, 0.05) is 50.6 Å². The van der Waals surface area contributed by atoms with Crippen LogP contribution in [0.3, 0.4) is 0 Å². The minimum atomic E-state index is -0.0233. The molecule has 0 unspecified atom stereocenters. The Balaban J connectivity index is 1.37. The maximum atomic E-state index is 12.1. The van der Waals surface area contributed by atoms with Crippen LogP contribution in [0.15, 0.2) is 27.4 Å². The number of anilines is 1. The summed E-state index contributed by atoms with van der Waals surface area (Å²) in [5.74, 6) is -0.0233. The first-order chi connectivity index (χ1) is 12.1. The normalized spacial score (nSPS) is 15.8. The third kappa shape index (κ3) is 5.36. The molecule has 1 amide bonds. The van der Waals surface area contributed by atoms with Gasteiger partial charge in [-0.15, -0.1) is 22.7 Å². The standard InChI is InChI=1S/C17H19BrN4OS2/c18-15-2-1-14(25-15)12-22-8-6-21(7-9-22)5-3-16(23)20-17-13(11-19)4-10-24-17/h1-2,4,10H,3,5-9,12H2,(H,20,23). The van der Waals surface area contributed by atoms with E-state index >= 15 is 0 Å². The van der Waals surface area contributed by atoms with E-state index in [9.17, 15) is 4.79 Å². The average molecular weight is 439 g/mol. The first-order valence-corrected chi connectivity index (χ1v) is 10.6. The fraction of sp³-hybridized carbons (Fsp3) is 0.412. The summed E-state index contributed by atoms with van der Waals surface area (Å²) < 4.78 is 1.18. The quantitative estimate of drug-likeness (QED) is 0.748. The molecule has 1 saturated heterocycles. The van der Waals surface area contributed by atoms with Crippen LogP contribution in [-0.4, -0.2) is 48.4 Å². The number of amides is 1. The van der Waals surface area contributed by atoms with Crippen LogP contribution in [0.1, 0.15) is 16.9 Å². The Morgan fingerprint density at radius 3 is 2.68 bits per heavy atom. The lowest BCUT2D eigenvalue weighted by Gasteiger charge is -2.34. The minimum Gasteiger partial charge on any atom is -0.317 e. The number of carbonyl (C=O) groups is 1. The molecule has 3 heterocycles. The lowest BCUT2D eigenvalue weighted by atomic mass is 10.2. The molecule has 1 aliphatic heterocycles. The Bertz CT molecular complexity index is 759. The van der Waals surface area contributed by atoms with Gasteiger partial charge in [-0.2, -0.15) is 5.26 Å². The molecule has 0 aliphatic carbocycles. The fourth-order valence-electron chi connectivity index (χ4n) is 2.77. The number of nitrogens with zero attached hydrogens (tertiary/aromatic N) is 3. The zero-order valence-electron chi connectivity index (χ0n) is 13.7. The van der Waals surface area contributed by atoms with Crippen molar-refractivity contribution < 1.29 is 4.79 Å². The van der Waals surface area contributed by atoms with Crippen molar-refractivity contribution in [3.63, 3.8) is 0 Å². The first-order valence-electron chi connectivity index (χ1n) is 8.10. The minimum absolute atomic E-state index is 0.0233. The SMILES string of the molecule is N#Cc1ccsc1NC(=O)CCN1CCN(Cc2ccc(Br)s2)CC1. The van der Waals surface area contributed by atoms with E-state index in [1.54, 1.807) is 17.4 Å². The molecule has 1 aliphatic rings. The molecule has 5 nitrogen and oxygen atoms in total. The number of thiophene rings is 2. The van der Waals surface area contributed by atoms with Crippen molar-refractivity contribution in [3.05, 3.63) is 37.8 Å².